The smallest absolute Gasteiger partial charge is 0.0738 e. The lowest BCUT2D eigenvalue weighted by Crippen LogP contribution is -2.42. The fraction of sp³-hybridized carbons (Fsp3) is 0.786. The SMILES string of the molecule is CCC1CCC(C(Cc2c(Br)c(C)nn2C)NN)C1. The molecule has 0 spiro atoms. The number of hydrogen-bond acceptors (Lipinski definition) is 3. The van der Waals surface area contributed by atoms with Gasteiger partial charge in [0.2, 0.25) is 0 Å². The van der Waals surface area contributed by atoms with Crippen LogP contribution in [0.3, 0.4) is 0 Å². The van der Waals surface area contributed by atoms with Crippen molar-refractivity contribution in [2.45, 2.75) is 52.0 Å². The quantitative estimate of drug-likeness (QED) is 0.645. The van der Waals surface area contributed by atoms with E-state index in [1.165, 1.54) is 31.4 Å². The van der Waals surface area contributed by atoms with E-state index in [0.29, 0.717) is 12.0 Å². The van der Waals surface area contributed by atoms with Gasteiger partial charge in [0.15, 0.2) is 0 Å². The molecular weight excluding hydrogens is 304 g/mol. The van der Waals surface area contributed by atoms with Crippen LogP contribution in [0.25, 0.3) is 0 Å². The zero-order valence-electron chi connectivity index (χ0n) is 12.1. The molecule has 2 rings (SSSR count). The molecule has 0 amide bonds. The van der Waals surface area contributed by atoms with Crippen molar-refractivity contribution in [3.63, 3.8) is 0 Å². The summed E-state index contributed by atoms with van der Waals surface area (Å²) < 4.78 is 3.09. The van der Waals surface area contributed by atoms with Crippen molar-refractivity contribution >= 4 is 15.9 Å². The maximum atomic E-state index is 5.80. The summed E-state index contributed by atoms with van der Waals surface area (Å²) in [6.45, 7) is 4.32. The Balaban J connectivity index is 2.07. The Morgan fingerprint density at radius 2 is 2.26 bits per heavy atom. The monoisotopic (exact) mass is 328 g/mol. The molecule has 0 radical (unpaired) electrons. The molecule has 1 saturated carbocycles. The number of aromatic nitrogens is 2. The van der Waals surface area contributed by atoms with E-state index >= 15 is 0 Å². The fourth-order valence-corrected chi connectivity index (χ4v) is 3.82. The van der Waals surface area contributed by atoms with Gasteiger partial charge in [0.05, 0.1) is 15.9 Å². The average molecular weight is 329 g/mol. The third-order valence-corrected chi connectivity index (χ3v) is 5.65. The van der Waals surface area contributed by atoms with Crippen molar-refractivity contribution in [2.24, 2.45) is 24.7 Å². The van der Waals surface area contributed by atoms with Crippen LogP contribution in [0.2, 0.25) is 0 Å². The van der Waals surface area contributed by atoms with Crippen molar-refractivity contribution in [2.75, 3.05) is 0 Å². The molecule has 108 valence electrons. The Morgan fingerprint density at radius 1 is 1.53 bits per heavy atom. The molecule has 1 heterocycles. The minimum atomic E-state index is 0.350. The molecule has 5 heteroatoms. The van der Waals surface area contributed by atoms with Crippen LogP contribution in [0.15, 0.2) is 4.47 Å². The van der Waals surface area contributed by atoms with Crippen LogP contribution in [0.5, 0.6) is 0 Å². The normalized spacial score (nSPS) is 24.9. The highest BCUT2D eigenvalue weighted by atomic mass is 79.9. The van der Waals surface area contributed by atoms with Gasteiger partial charge in [-0.2, -0.15) is 5.10 Å². The summed E-state index contributed by atoms with van der Waals surface area (Å²) in [7, 11) is 2.00. The molecule has 4 nitrogen and oxygen atoms in total. The number of aryl methyl sites for hydroxylation is 2. The highest BCUT2D eigenvalue weighted by molar-refractivity contribution is 9.10. The first kappa shape index (κ1) is 15.0. The van der Waals surface area contributed by atoms with Gasteiger partial charge < -0.3 is 0 Å². The molecule has 1 fully saturated rings. The van der Waals surface area contributed by atoms with E-state index in [0.717, 1.165) is 22.5 Å². The van der Waals surface area contributed by atoms with Crippen LogP contribution < -0.4 is 11.3 Å². The molecule has 19 heavy (non-hydrogen) atoms. The van der Waals surface area contributed by atoms with E-state index in [1.54, 1.807) is 0 Å². The Labute approximate surface area is 124 Å². The lowest BCUT2D eigenvalue weighted by molar-refractivity contribution is 0.342. The highest BCUT2D eigenvalue weighted by Gasteiger charge is 2.30. The maximum Gasteiger partial charge on any atom is 0.0738 e. The number of nitrogens with two attached hydrogens (primary N) is 1. The van der Waals surface area contributed by atoms with E-state index in [-0.39, 0.29) is 0 Å². The Bertz CT molecular complexity index is 429. The van der Waals surface area contributed by atoms with Crippen LogP contribution in [-0.4, -0.2) is 15.8 Å². The molecule has 0 saturated heterocycles. The second kappa shape index (κ2) is 6.37. The zero-order chi connectivity index (χ0) is 14.0. The number of nitrogens with zero attached hydrogens (tertiary/aromatic N) is 2. The van der Waals surface area contributed by atoms with Crippen molar-refractivity contribution < 1.29 is 0 Å². The van der Waals surface area contributed by atoms with Gasteiger partial charge in [0, 0.05) is 19.5 Å². The van der Waals surface area contributed by atoms with Gasteiger partial charge in [-0.15, -0.1) is 0 Å². The summed E-state index contributed by atoms with van der Waals surface area (Å²) in [5.41, 5.74) is 5.32. The Hall–Kier alpha value is -0.390. The third kappa shape index (κ3) is 3.20. The van der Waals surface area contributed by atoms with Gasteiger partial charge in [0.25, 0.3) is 0 Å². The van der Waals surface area contributed by atoms with Crippen molar-refractivity contribution in [1.29, 1.82) is 0 Å². The lowest BCUT2D eigenvalue weighted by atomic mass is 9.93. The summed E-state index contributed by atoms with van der Waals surface area (Å²) in [5.74, 6) is 7.38. The number of halogens is 1. The number of nitrogens with one attached hydrogen (secondary N) is 1. The lowest BCUT2D eigenvalue weighted by Gasteiger charge is -2.23. The number of hydrogen-bond donors (Lipinski definition) is 2. The van der Waals surface area contributed by atoms with E-state index in [1.807, 2.05) is 18.7 Å². The van der Waals surface area contributed by atoms with Crippen molar-refractivity contribution in [3.8, 4) is 0 Å². The molecule has 0 bridgehead atoms. The topological polar surface area (TPSA) is 55.9 Å². The van der Waals surface area contributed by atoms with Gasteiger partial charge in [-0.1, -0.05) is 19.8 Å². The minimum absolute atomic E-state index is 0.350. The van der Waals surface area contributed by atoms with Gasteiger partial charge in [-0.05, 0) is 47.5 Å². The number of hydrazine groups is 1. The second-order valence-electron chi connectivity index (χ2n) is 5.79. The first-order chi connectivity index (χ1) is 9.06. The predicted molar refractivity (Wildman–Crippen MR) is 81.6 cm³/mol. The van der Waals surface area contributed by atoms with E-state index in [4.69, 9.17) is 5.84 Å². The van der Waals surface area contributed by atoms with Crippen molar-refractivity contribution in [3.05, 3.63) is 15.9 Å². The van der Waals surface area contributed by atoms with E-state index in [9.17, 15) is 0 Å². The molecule has 1 aromatic heterocycles. The van der Waals surface area contributed by atoms with E-state index < -0.39 is 0 Å². The minimum Gasteiger partial charge on any atom is -0.271 e. The second-order valence-corrected chi connectivity index (χ2v) is 6.59. The predicted octanol–water partition coefficient (Wildman–Crippen LogP) is 2.69. The van der Waals surface area contributed by atoms with Crippen molar-refractivity contribution in [1.82, 2.24) is 15.2 Å². The van der Waals surface area contributed by atoms with Gasteiger partial charge in [-0.25, -0.2) is 0 Å². The molecule has 1 aliphatic carbocycles. The van der Waals surface area contributed by atoms with Gasteiger partial charge in [0.1, 0.15) is 0 Å². The largest absolute Gasteiger partial charge is 0.271 e. The molecule has 1 aliphatic rings. The molecule has 1 aromatic rings. The van der Waals surface area contributed by atoms with Gasteiger partial charge in [-0.3, -0.25) is 16.0 Å². The molecule has 3 atom stereocenters. The van der Waals surface area contributed by atoms with Crippen LogP contribution in [0, 0.1) is 18.8 Å². The molecule has 3 N–H and O–H groups in total. The molecular formula is C14H25BrN4. The zero-order valence-corrected chi connectivity index (χ0v) is 13.7. The van der Waals surface area contributed by atoms with Crippen LogP contribution in [0.1, 0.15) is 44.0 Å². The maximum absolute atomic E-state index is 5.80. The van der Waals surface area contributed by atoms with Crippen LogP contribution >= 0.6 is 15.9 Å². The Morgan fingerprint density at radius 3 is 2.74 bits per heavy atom. The number of rotatable bonds is 5. The average Bonchev–Trinajstić information content (AvgIpc) is 2.95. The molecule has 0 aliphatic heterocycles. The Kier molecular flexibility index (Phi) is 5.03. The highest BCUT2D eigenvalue weighted by Crippen LogP contribution is 2.36. The van der Waals surface area contributed by atoms with Crippen LogP contribution in [0.4, 0.5) is 0 Å². The summed E-state index contributed by atoms with van der Waals surface area (Å²) in [6.07, 6.45) is 6.18. The summed E-state index contributed by atoms with van der Waals surface area (Å²) in [6, 6.07) is 0.350. The van der Waals surface area contributed by atoms with Crippen LogP contribution in [-0.2, 0) is 13.5 Å². The first-order valence-electron chi connectivity index (χ1n) is 7.20. The van der Waals surface area contributed by atoms with Gasteiger partial charge >= 0.3 is 0 Å². The van der Waals surface area contributed by atoms with E-state index in [2.05, 4.69) is 33.4 Å². The third-order valence-electron chi connectivity index (χ3n) is 4.62. The molecule has 0 aromatic carbocycles. The summed E-state index contributed by atoms with van der Waals surface area (Å²) >= 11 is 3.64. The molecule has 3 unspecified atom stereocenters. The fourth-order valence-electron chi connectivity index (χ4n) is 3.32. The first-order valence-corrected chi connectivity index (χ1v) is 8.00. The standard InChI is InChI=1S/C14H25BrN4/c1-4-10-5-6-11(7-10)12(17-16)8-13-14(15)9(2)18-19(13)3/h10-12,17H,4-8,16H2,1-3H3. The summed E-state index contributed by atoms with van der Waals surface area (Å²) in [5, 5.41) is 4.46. The summed E-state index contributed by atoms with van der Waals surface area (Å²) in [4.78, 5) is 0.